The van der Waals surface area contributed by atoms with Gasteiger partial charge in [-0.15, -0.1) is 24.0 Å². The molecule has 1 unspecified atom stereocenters. The van der Waals surface area contributed by atoms with Gasteiger partial charge in [0.15, 0.2) is 5.96 Å². The molecule has 2 rings (SSSR count). The van der Waals surface area contributed by atoms with Gasteiger partial charge in [0, 0.05) is 32.7 Å². The van der Waals surface area contributed by atoms with E-state index in [4.69, 9.17) is 4.74 Å². The summed E-state index contributed by atoms with van der Waals surface area (Å²) in [6.07, 6.45) is 0. The Morgan fingerprint density at radius 1 is 1.24 bits per heavy atom. The summed E-state index contributed by atoms with van der Waals surface area (Å²) in [5.41, 5.74) is 1.02. The van der Waals surface area contributed by atoms with Crippen molar-refractivity contribution in [3.63, 3.8) is 0 Å². The van der Waals surface area contributed by atoms with Crippen LogP contribution in [0, 0.1) is 0 Å². The Morgan fingerprint density at radius 3 is 2.44 bits per heavy atom. The first-order chi connectivity index (χ1) is 11.6. The molecule has 1 fully saturated rings. The van der Waals surface area contributed by atoms with E-state index in [1.54, 1.807) is 7.05 Å². The number of guanidine groups is 1. The van der Waals surface area contributed by atoms with Crippen molar-refractivity contribution < 1.29 is 9.53 Å². The first-order valence-electron chi connectivity index (χ1n) is 8.50. The van der Waals surface area contributed by atoms with Gasteiger partial charge in [-0.2, -0.15) is 0 Å². The van der Waals surface area contributed by atoms with Crippen molar-refractivity contribution in [1.82, 2.24) is 15.5 Å². The maximum atomic E-state index is 13.0. The van der Waals surface area contributed by atoms with Crippen LogP contribution in [0.4, 0.5) is 0 Å². The smallest absolute Gasteiger partial charge is 0.232 e. The highest BCUT2D eigenvalue weighted by Gasteiger charge is 2.27. The number of rotatable bonds is 5. The van der Waals surface area contributed by atoms with E-state index in [9.17, 15) is 4.79 Å². The lowest BCUT2D eigenvalue weighted by molar-refractivity contribution is -0.136. The molecule has 1 amide bonds. The molecular formula is C18H29IN4O2. The topological polar surface area (TPSA) is 66.0 Å². The number of aliphatic imine (C=N–C) groups is 1. The van der Waals surface area contributed by atoms with Gasteiger partial charge in [-0.25, -0.2) is 0 Å². The molecule has 0 spiro atoms. The highest BCUT2D eigenvalue weighted by Crippen LogP contribution is 2.18. The Morgan fingerprint density at radius 2 is 1.88 bits per heavy atom. The molecular weight excluding hydrogens is 431 g/mol. The lowest BCUT2D eigenvalue weighted by Crippen LogP contribution is -2.47. The standard InChI is InChI=1S/C18H28N4O2.HI/c1-14(2)21-18(19-3)20-13-16(15-7-5-4-6-8-15)17(23)22-9-11-24-12-10-22;/h4-8,14,16H,9-13H2,1-3H3,(H2,19,20,21);1H. The number of amides is 1. The Hall–Kier alpha value is -1.35. The van der Waals surface area contributed by atoms with Gasteiger partial charge in [-0.3, -0.25) is 9.79 Å². The SMILES string of the molecule is CN=C(NCC(C(=O)N1CCOCC1)c1ccccc1)NC(C)C.I. The molecule has 6 nitrogen and oxygen atoms in total. The normalized spacial score (nSPS) is 16.2. The van der Waals surface area contributed by atoms with Gasteiger partial charge in [0.25, 0.3) is 0 Å². The zero-order valence-corrected chi connectivity index (χ0v) is 17.5. The van der Waals surface area contributed by atoms with Crippen LogP contribution in [0.3, 0.4) is 0 Å². The maximum absolute atomic E-state index is 13.0. The van der Waals surface area contributed by atoms with E-state index in [2.05, 4.69) is 29.5 Å². The summed E-state index contributed by atoms with van der Waals surface area (Å²) in [6, 6.07) is 10.2. The largest absolute Gasteiger partial charge is 0.378 e. The average molecular weight is 460 g/mol. The van der Waals surface area contributed by atoms with E-state index in [1.807, 2.05) is 35.2 Å². The second-order valence-corrected chi connectivity index (χ2v) is 6.15. The van der Waals surface area contributed by atoms with E-state index < -0.39 is 0 Å². The minimum absolute atomic E-state index is 0. The van der Waals surface area contributed by atoms with Crippen LogP contribution in [0.2, 0.25) is 0 Å². The third-order valence-corrected chi connectivity index (χ3v) is 3.95. The third kappa shape index (κ3) is 6.81. The number of morpholine rings is 1. The fraction of sp³-hybridized carbons (Fsp3) is 0.556. The predicted molar refractivity (Wildman–Crippen MR) is 112 cm³/mol. The molecule has 0 radical (unpaired) electrons. The Bertz CT molecular complexity index is 545. The highest BCUT2D eigenvalue weighted by molar-refractivity contribution is 14.0. The summed E-state index contributed by atoms with van der Waals surface area (Å²) < 4.78 is 5.36. The number of ether oxygens (including phenoxy) is 1. The molecule has 0 aliphatic carbocycles. The predicted octanol–water partition coefficient (Wildman–Crippen LogP) is 1.82. The Labute approximate surface area is 167 Å². The third-order valence-electron chi connectivity index (χ3n) is 3.95. The van der Waals surface area contributed by atoms with Crippen molar-refractivity contribution in [2.45, 2.75) is 25.8 Å². The zero-order chi connectivity index (χ0) is 17.4. The molecule has 1 heterocycles. The Balaban J connectivity index is 0.00000312. The molecule has 1 saturated heterocycles. The monoisotopic (exact) mass is 460 g/mol. The van der Waals surface area contributed by atoms with Gasteiger partial charge in [0.2, 0.25) is 5.91 Å². The number of nitrogens with zero attached hydrogens (tertiary/aromatic N) is 2. The summed E-state index contributed by atoms with van der Waals surface area (Å²) in [4.78, 5) is 19.1. The Kier molecular flexibility index (Phi) is 9.81. The summed E-state index contributed by atoms with van der Waals surface area (Å²) in [5, 5.41) is 6.53. The lowest BCUT2D eigenvalue weighted by Gasteiger charge is -2.31. The van der Waals surface area contributed by atoms with Crippen molar-refractivity contribution in [3.05, 3.63) is 35.9 Å². The zero-order valence-electron chi connectivity index (χ0n) is 15.2. The van der Waals surface area contributed by atoms with Crippen LogP contribution in [0.25, 0.3) is 0 Å². The molecule has 1 aliphatic rings. The van der Waals surface area contributed by atoms with E-state index >= 15 is 0 Å². The van der Waals surface area contributed by atoms with Crippen LogP contribution in [0.1, 0.15) is 25.3 Å². The molecule has 2 N–H and O–H groups in total. The number of nitrogens with one attached hydrogen (secondary N) is 2. The van der Waals surface area contributed by atoms with Gasteiger partial charge in [-0.05, 0) is 19.4 Å². The number of hydrogen-bond donors (Lipinski definition) is 2. The molecule has 1 atom stereocenters. The average Bonchev–Trinajstić information content (AvgIpc) is 2.62. The first kappa shape index (κ1) is 21.7. The number of carbonyl (C=O) groups is 1. The van der Waals surface area contributed by atoms with E-state index in [1.165, 1.54) is 0 Å². The van der Waals surface area contributed by atoms with Crippen LogP contribution in [-0.4, -0.2) is 62.7 Å². The summed E-state index contributed by atoms with van der Waals surface area (Å²) in [7, 11) is 1.74. The molecule has 7 heteroatoms. The number of hydrogen-bond acceptors (Lipinski definition) is 3. The van der Waals surface area contributed by atoms with Gasteiger partial charge in [0.05, 0.1) is 19.1 Å². The second-order valence-electron chi connectivity index (χ2n) is 6.15. The fourth-order valence-electron chi connectivity index (χ4n) is 2.70. The summed E-state index contributed by atoms with van der Waals surface area (Å²) >= 11 is 0. The minimum atomic E-state index is -0.241. The van der Waals surface area contributed by atoms with Gasteiger partial charge in [0.1, 0.15) is 0 Å². The van der Waals surface area contributed by atoms with Crippen molar-refractivity contribution in [2.24, 2.45) is 4.99 Å². The van der Waals surface area contributed by atoms with E-state index in [0.717, 1.165) is 5.56 Å². The molecule has 0 saturated carbocycles. The number of carbonyl (C=O) groups excluding carboxylic acids is 1. The molecule has 1 aliphatic heterocycles. The molecule has 140 valence electrons. The quantitative estimate of drug-likeness (QED) is 0.400. The van der Waals surface area contributed by atoms with Crippen LogP contribution in [0.5, 0.6) is 0 Å². The fourth-order valence-corrected chi connectivity index (χ4v) is 2.70. The molecule has 1 aromatic carbocycles. The first-order valence-corrected chi connectivity index (χ1v) is 8.50. The summed E-state index contributed by atoms with van der Waals surface area (Å²) in [5.74, 6) is 0.604. The minimum Gasteiger partial charge on any atom is -0.378 e. The van der Waals surface area contributed by atoms with E-state index in [0.29, 0.717) is 38.8 Å². The van der Waals surface area contributed by atoms with Crippen LogP contribution in [0.15, 0.2) is 35.3 Å². The van der Waals surface area contributed by atoms with Gasteiger partial charge < -0.3 is 20.3 Å². The number of benzene rings is 1. The second kappa shape index (κ2) is 11.3. The van der Waals surface area contributed by atoms with Gasteiger partial charge >= 0.3 is 0 Å². The van der Waals surface area contributed by atoms with Crippen molar-refractivity contribution in [3.8, 4) is 0 Å². The molecule has 0 aromatic heterocycles. The van der Waals surface area contributed by atoms with Crippen molar-refractivity contribution in [1.29, 1.82) is 0 Å². The molecule has 25 heavy (non-hydrogen) atoms. The molecule has 1 aromatic rings. The van der Waals surface area contributed by atoms with Gasteiger partial charge in [-0.1, -0.05) is 30.3 Å². The number of halogens is 1. The van der Waals surface area contributed by atoms with Crippen LogP contribution in [-0.2, 0) is 9.53 Å². The molecule has 0 bridgehead atoms. The highest BCUT2D eigenvalue weighted by atomic mass is 127. The lowest BCUT2D eigenvalue weighted by atomic mass is 9.97. The van der Waals surface area contributed by atoms with Crippen molar-refractivity contribution >= 4 is 35.8 Å². The van der Waals surface area contributed by atoms with E-state index in [-0.39, 0.29) is 41.8 Å². The maximum Gasteiger partial charge on any atom is 0.232 e. The van der Waals surface area contributed by atoms with Crippen molar-refractivity contribution in [2.75, 3.05) is 39.9 Å². The van der Waals surface area contributed by atoms with Crippen LogP contribution >= 0.6 is 24.0 Å². The van der Waals surface area contributed by atoms with Crippen LogP contribution < -0.4 is 10.6 Å². The summed E-state index contributed by atoms with van der Waals surface area (Å²) in [6.45, 7) is 7.14.